The number of nitrogens with zero attached hydrogens (tertiary/aromatic N) is 3. The monoisotopic (exact) mass is 464 g/mol. The molecule has 3 heterocycles. The Kier molecular flexibility index (Phi) is 5.75. The first-order chi connectivity index (χ1) is 15.5. The second kappa shape index (κ2) is 8.27. The lowest BCUT2D eigenvalue weighted by atomic mass is 10.1. The first-order valence-corrected chi connectivity index (χ1v) is 11.0. The molecule has 2 fully saturated rings. The molecule has 33 heavy (non-hydrogen) atoms. The van der Waals surface area contributed by atoms with Crippen LogP contribution in [-0.4, -0.2) is 56.5 Å². The summed E-state index contributed by atoms with van der Waals surface area (Å²) in [4.78, 5) is 39.5. The van der Waals surface area contributed by atoms with E-state index in [1.165, 1.54) is 23.8 Å². The predicted octanol–water partition coefficient (Wildman–Crippen LogP) is 1.44. The summed E-state index contributed by atoms with van der Waals surface area (Å²) in [6.45, 7) is 4.99. The van der Waals surface area contributed by atoms with Crippen molar-refractivity contribution >= 4 is 23.5 Å². The van der Waals surface area contributed by atoms with Crippen molar-refractivity contribution in [2.75, 3.05) is 13.1 Å². The van der Waals surface area contributed by atoms with Gasteiger partial charge in [-0.25, -0.2) is 18.7 Å². The van der Waals surface area contributed by atoms with E-state index in [-0.39, 0.29) is 41.7 Å². The maximum absolute atomic E-state index is 13.5. The van der Waals surface area contributed by atoms with Gasteiger partial charge in [-0.1, -0.05) is 18.4 Å². The molecule has 0 bridgehead atoms. The lowest BCUT2D eigenvalue weighted by Crippen LogP contribution is -2.46. The van der Waals surface area contributed by atoms with E-state index in [1.54, 1.807) is 0 Å². The first kappa shape index (κ1) is 22.9. The number of amides is 2. The summed E-state index contributed by atoms with van der Waals surface area (Å²) in [5.74, 6) is -4.45. The van der Waals surface area contributed by atoms with Gasteiger partial charge in [-0.15, -0.1) is 0 Å². The van der Waals surface area contributed by atoms with E-state index in [2.05, 4.69) is 10.4 Å². The van der Waals surface area contributed by atoms with Gasteiger partial charge >= 0.3 is 17.1 Å². The Morgan fingerprint density at radius 2 is 2.09 bits per heavy atom. The number of aromatic nitrogens is 3. The first-order valence-electron chi connectivity index (χ1n) is 11.0. The van der Waals surface area contributed by atoms with Crippen LogP contribution in [0.5, 0.6) is 5.88 Å². The molecule has 3 N–H and O–H groups in total. The molecule has 1 aliphatic carbocycles. The maximum atomic E-state index is 13.5. The molecular weight excluding hydrogens is 436 g/mol. The van der Waals surface area contributed by atoms with Crippen LogP contribution in [0, 0.1) is 5.92 Å². The van der Waals surface area contributed by atoms with Gasteiger partial charge in [0.2, 0.25) is 11.5 Å². The van der Waals surface area contributed by atoms with Crippen molar-refractivity contribution in [1.82, 2.24) is 19.8 Å². The quantitative estimate of drug-likeness (QED) is 0.444. The van der Waals surface area contributed by atoms with Gasteiger partial charge in [0, 0.05) is 24.6 Å². The summed E-state index contributed by atoms with van der Waals surface area (Å²) in [7, 11) is 0. The molecule has 0 spiro atoms. The Balaban J connectivity index is 1.78. The van der Waals surface area contributed by atoms with Crippen molar-refractivity contribution < 1.29 is 28.0 Å². The Bertz CT molecular complexity index is 1210. The highest BCUT2D eigenvalue weighted by Crippen LogP contribution is 2.28. The van der Waals surface area contributed by atoms with E-state index in [1.807, 2.05) is 13.8 Å². The average molecular weight is 464 g/mol. The third-order valence-electron chi connectivity index (χ3n) is 5.82. The van der Waals surface area contributed by atoms with Crippen LogP contribution in [0.25, 0.3) is 11.7 Å². The number of likely N-dealkylation sites (tertiary alicyclic amines) is 1. The summed E-state index contributed by atoms with van der Waals surface area (Å²) in [5, 5.41) is 16.4. The Morgan fingerprint density at radius 3 is 2.67 bits per heavy atom. The molecular formula is C22H28F2N5O4+. The summed E-state index contributed by atoms with van der Waals surface area (Å²) in [6, 6.07) is 0.00399. The van der Waals surface area contributed by atoms with E-state index in [9.17, 15) is 28.3 Å². The highest BCUT2D eigenvalue weighted by atomic mass is 19.3. The van der Waals surface area contributed by atoms with Crippen molar-refractivity contribution in [3.63, 3.8) is 0 Å². The lowest BCUT2D eigenvalue weighted by molar-refractivity contribution is -0.686. The zero-order valence-corrected chi connectivity index (χ0v) is 18.8. The molecule has 2 amide bonds. The number of rotatable bonds is 6. The maximum Gasteiger partial charge on any atom is 0.378 e. The topological polar surface area (TPSA) is 111 Å². The van der Waals surface area contributed by atoms with Crippen molar-refractivity contribution in [3.05, 3.63) is 33.3 Å². The molecule has 1 saturated heterocycles. The van der Waals surface area contributed by atoms with Crippen LogP contribution in [0.3, 0.4) is 0 Å². The van der Waals surface area contributed by atoms with Crippen molar-refractivity contribution in [1.29, 1.82) is 0 Å². The normalized spacial score (nSPS) is 18.4. The summed E-state index contributed by atoms with van der Waals surface area (Å²) in [6.07, 6.45) is 4.25. The van der Waals surface area contributed by atoms with E-state index in [0.717, 1.165) is 22.3 Å². The zero-order valence-electron chi connectivity index (χ0n) is 18.8. The molecule has 178 valence electrons. The molecule has 0 unspecified atom stereocenters. The molecule has 11 heteroatoms. The Labute approximate surface area is 188 Å². The SMILES string of the molecule is C/C(=C\c1c[nH]n2c(=O)c(C(=O)NC3CC3)c(O)[n+](CC(C)C)c12)C(=O)N1CCC(F)(F)C1. The van der Waals surface area contributed by atoms with Gasteiger partial charge in [0.05, 0.1) is 24.8 Å². The smallest absolute Gasteiger partial charge is 0.378 e. The number of carbonyl (C=O) groups excluding carboxylic acids is 2. The number of hydrogen-bond donors (Lipinski definition) is 3. The summed E-state index contributed by atoms with van der Waals surface area (Å²) < 4.78 is 29.7. The van der Waals surface area contributed by atoms with Crippen LogP contribution in [0.4, 0.5) is 8.78 Å². The summed E-state index contributed by atoms with van der Waals surface area (Å²) in [5.41, 5.74) is -0.178. The van der Waals surface area contributed by atoms with Crippen LogP contribution >= 0.6 is 0 Å². The van der Waals surface area contributed by atoms with Gasteiger partial charge in [-0.3, -0.25) is 9.59 Å². The average Bonchev–Trinajstić information content (AvgIpc) is 3.32. The fraction of sp³-hybridized carbons (Fsp3) is 0.545. The number of H-pyrrole nitrogens is 1. The molecule has 1 aliphatic heterocycles. The fourth-order valence-electron chi connectivity index (χ4n) is 4.04. The molecule has 0 aromatic carbocycles. The minimum absolute atomic E-state index is 0.00399. The molecule has 2 aromatic heterocycles. The second-order valence-electron chi connectivity index (χ2n) is 9.30. The van der Waals surface area contributed by atoms with Crippen molar-refractivity contribution in [3.8, 4) is 5.88 Å². The lowest BCUT2D eigenvalue weighted by Gasteiger charge is -2.16. The standard InChI is InChI=1S/C22H27F2N5O4/c1-12(2)10-28-18-14(8-13(3)19(31)27-7-6-22(23,24)11-27)9-25-29(18)21(33)16(20(28)32)17(30)26-15-4-5-15/h8-9,12,15H,4-7,10-11H2,1-3H3,(H2,26,30,32,33)/p+1/b13-8+. The third kappa shape index (κ3) is 4.49. The third-order valence-corrected chi connectivity index (χ3v) is 5.82. The van der Waals surface area contributed by atoms with Crippen molar-refractivity contribution in [2.45, 2.75) is 58.5 Å². The predicted molar refractivity (Wildman–Crippen MR) is 115 cm³/mol. The minimum atomic E-state index is -2.90. The van der Waals surface area contributed by atoms with Gasteiger partial charge in [0.1, 0.15) is 0 Å². The van der Waals surface area contributed by atoms with Gasteiger partial charge in [0.15, 0.2) is 0 Å². The highest BCUT2D eigenvalue weighted by Gasteiger charge is 2.40. The number of carbonyl (C=O) groups is 2. The molecule has 2 aliphatic rings. The Morgan fingerprint density at radius 1 is 1.39 bits per heavy atom. The van der Waals surface area contributed by atoms with Crippen LogP contribution in [-0.2, 0) is 11.3 Å². The van der Waals surface area contributed by atoms with Crippen LogP contribution in [0.15, 0.2) is 16.6 Å². The number of fused-ring (bicyclic) bond motifs is 1. The van der Waals surface area contributed by atoms with E-state index in [0.29, 0.717) is 12.1 Å². The summed E-state index contributed by atoms with van der Waals surface area (Å²) >= 11 is 0. The molecule has 9 nitrogen and oxygen atoms in total. The molecule has 4 rings (SSSR count). The number of hydrogen-bond acceptors (Lipinski definition) is 4. The van der Waals surface area contributed by atoms with Gasteiger partial charge in [0.25, 0.3) is 11.8 Å². The minimum Gasteiger partial charge on any atom is -0.477 e. The molecule has 0 radical (unpaired) electrons. The van der Waals surface area contributed by atoms with Crippen LogP contribution in [0.1, 0.15) is 56.0 Å². The molecule has 2 aromatic rings. The number of aromatic amines is 1. The Hall–Kier alpha value is -3.24. The van der Waals surface area contributed by atoms with Crippen molar-refractivity contribution in [2.24, 2.45) is 5.92 Å². The largest absolute Gasteiger partial charge is 0.477 e. The second-order valence-corrected chi connectivity index (χ2v) is 9.30. The van der Waals surface area contributed by atoms with Crippen LogP contribution in [0.2, 0.25) is 0 Å². The zero-order chi connectivity index (χ0) is 24.1. The molecule has 1 saturated carbocycles. The van der Waals surface area contributed by atoms with E-state index >= 15 is 0 Å². The molecule has 0 atom stereocenters. The highest BCUT2D eigenvalue weighted by molar-refractivity contribution is 5.98. The van der Waals surface area contributed by atoms with Gasteiger partial charge in [-0.05, 0) is 31.8 Å². The van der Waals surface area contributed by atoms with E-state index in [4.69, 9.17) is 0 Å². The fourth-order valence-corrected chi connectivity index (χ4v) is 4.04. The van der Waals surface area contributed by atoms with Crippen LogP contribution < -0.4 is 15.4 Å². The van der Waals surface area contributed by atoms with E-state index < -0.39 is 35.7 Å². The number of nitrogens with one attached hydrogen (secondary N) is 2. The van der Waals surface area contributed by atoms with Gasteiger partial charge < -0.3 is 15.3 Å². The number of alkyl halides is 2. The number of aromatic hydroxyl groups is 1. The number of halogens is 2. The van der Waals surface area contributed by atoms with Gasteiger partial charge in [-0.2, -0.15) is 4.57 Å².